The second-order valence-corrected chi connectivity index (χ2v) is 1.98. The zero-order valence-electron chi connectivity index (χ0n) is 4.90. The molecule has 1 nitrogen and oxygen atoms in total. The van der Waals surface area contributed by atoms with Crippen molar-refractivity contribution in [3.05, 3.63) is 0 Å². The predicted molar refractivity (Wildman–Crippen MR) is 31.2 cm³/mol. The van der Waals surface area contributed by atoms with Gasteiger partial charge in [-0.15, -0.1) is 0 Å². The van der Waals surface area contributed by atoms with E-state index in [0.717, 1.165) is 0 Å². The average molecular weight is 160 g/mol. The lowest BCUT2D eigenvalue weighted by Crippen LogP contribution is -2.28. The highest BCUT2D eigenvalue weighted by atomic mass is 31.0. The molecule has 5 heteroatoms. The van der Waals surface area contributed by atoms with Crippen molar-refractivity contribution in [2.24, 2.45) is 0 Å². The van der Waals surface area contributed by atoms with Crippen LogP contribution in [-0.2, 0) is 4.74 Å². The first-order valence-electron chi connectivity index (χ1n) is 2.42. The van der Waals surface area contributed by atoms with Gasteiger partial charge in [-0.3, -0.25) is 0 Å². The van der Waals surface area contributed by atoms with Crippen LogP contribution in [0.1, 0.15) is 6.92 Å². The number of hydrogen-bond acceptors (Lipinski definition) is 1. The van der Waals surface area contributed by atoms with E-state index in [1.54, 1.807) is 0 Å². The van der Waals surface area contributed by atoms with Gasteiger partial charge in [-0.2, -0.15) is 8.78 Å². The molecule has 0 rings (SSSR count). The third-order valence-electron chi connectivity index (χ3n) is 0.658. The van der Waals surface area contributed by atoms with Gasteiger partial charge in [-0.05, 0) is 6.92 Å². The zero-order chi connectivity index (χ0) is 7.49. The van der Waals surface area contributed by atoms with Crippen LogP contribution < -0.4 is 0 Å². The van der Waals surface area contributed by atoms with Crippen LogP contribution in [0.25, 0.3) is 0 Å². The molecule has 0 aliphatic carbocycles. The molecule has 0 aliphatic rings. The molecule has 0 aromatic rings. The normalized spacial score (nSPS) is 15.7. The van der Waals surface area contributed by atoms with Crippen LogP contribution in [0.15, 0.2) is 0 Å². The fraction of sp³-hybridized carbons (Fsp3) is 1.00. The van der Waals surface area contributed by atoms with Crippen LogP contribution in [-0.4, -0.2) is 18.6 Å². The van der Waals surface area contributed by atoms with Crippen molar-refractivity contribution in [2.75, 3.05) is 6.61 Å². The predicted octanol–water partition coefficient (Wildman–Crippen LogP) is 1.79. The second-order valence-electron chi connectivity index (χ2n) is 1.40. The smallest absolute Gasteiger partial charge is 0.318 e. The van der Waals surface area contributed by atoms with E-state index in [1.165, 1.54) is 16.2 Å². The van der Waals surface area contributed by atoms with Crippen molar-refractivity contribution >= 4 is 9.24 Å². The summed E-state index contributed by atoms with van der Waals surface area (Å²) >= 11 is 0. The monoisotopic (exact) mass is 160 g/mol. The lowest BCUT2D eigenvalue weighted by atomic mass is 10.7. The number of rotatable bonds is 3. The molecule has 0 saturated carbocycles. The summed E-state index contributed by atoms with van der Waals surface area (Å²) in [5, 5.41) is 0. The van der Waals surface area contributed by atoms with Crippen LogP contribution >= 0.6 is 9.24 Å². The number of hydrogen-bond donors (Lipinski definition) is 0. The molecule has 2 atom stereocenters. The quantitative estimate of drug-likeness (QED) is 0.572. The maximum Gasteiger partial charge on any atom is 0.390 e. The summed E-state index contributed by atoms with van der Waals surface area (Å²) in [6.07, 6.45) is -3.65. The van der Waals surface area contributed by atoms with Gasteiger partial charge in [-0.1, -0.05) is 9.24 Å². The standard InChI is InChI=1S/C4H8F3OP/c1-2-8-4(6,7)3(5)9/h3H,2,9H2,1H3. The molecular weight excluding hydrogens is 152 g/mol. The summed E-state index contributed by atoms with van der Waals surface area (Å²) in [6.45, 7) is 1.18. The molecule has 0 radical (unpaired) electrons. The summed E-state index contributed by atoms with van der Waals surface area (Å²) in [6, 6.07) is 0. The highest BCUT2D eigenvalue weighted by molar-refractivity contribution is 7.17. The Bertz CT molecular complexity index is 85.9. The van der Waals surface area contributed by atoms with Crippen LogP contribution in [0.3, 0.4) is 0 Å². The molecule has 9 heavy (non-hydrogen) atoms. The van der Waals surface area contributed by atoms with Crippen LogP contribution in [0.2, 0.25) is 0 Å². The lowest BCUT2D eigenvalue weighted by molar-refractivity contribution is -0.252. The highest BCUT2D eigenvalue weighted by Gasteiger charge is 2.37. The first kappa shape index (κ1) is 9.18. The molecule has 0 saturated heterocycles. The van der Waals surface area contributed by atoms with Crippen molar-refractivity contribution in [1.29, 1.82) is 0 Å². The van der Waals surface area contributed by atoms with Gasteiger partial charge in [-0.25, -0.2) is 4.39 Å². The largest absolute Gasteiger partial charge is 0.390 e. The molecule has 0 aliphatic heterocycles. The van der Waals surface area contributed by atoms with Crippen LogP contribution in [0.4, 0.5) is 13.2 Å². The summed E-state index contributed by atoms with van der Waals surface area (Å²) < 4.78 is 39.4. The van der Waals surface area contributed by atoms with Gasteiger partial charge >= 0.3 is 6.11 Å². The van der Waals surface area contributed by atoms with E-state index in [-0.39, 0.29) is 6.61 Å². The Labute approximate surface area is 53.8 Å². The maximum atomic E-state index is 11.9. The molecule has 0 aromatic heterocycles. The zero-order valence-corrected chi connectivity index (χ0v) is 6.06. The molecule has 56 valence electrons. The summed E-state index contributed by atoms with van der Waals surface area (Å²) in [4.78, 5) is 0. The van der Waals surface area contributed by atoms with Gasteiger partial charge < -0.3 is 4.74 Å². The molecule has 2 unspecified atom stereocenters. The van der Waals surface area contributed by atoms with Crippen molar-refractivity contribution in [1.82, 2.24) is 0 Å². The fourth-order valence-corrected chi connectivity index (χ4v) is 0.368. The average Bonchev–Trinajstić information content (AvgIpc) is 1.65. The van der Waals surface area contributed by atoms with E-state index in [1.807, 2.05) is 0 Å². The minimum Gasteiger partial charge on any atom is -0.318 e. The Morgan fingerprint density at radius 1 is 1.67 bits per heavy atom. The molecule has 0 amide bonds. The lowest BCUT2D eigenvalue weighted by Gasteiger charge is -2.15. The van der Waals surface area contributed by atoms with E-state index in [9.17, 15) is 13.2 Å². The number of halogens is 3. The topological polar surface area (TPSA) is 9.23 Å². The SMILES string of the molecule is CCOC(F)(F)C(F)P. The van der Waals surface area contributed by atoms with Gasteiger partial charge in [0.2, 0.25) is 5.91 Å². The molecule has 0 N–H and O–H groups in total. The van der Waals surface area contributed by atoms with Gasteiger partial charge in [0.25, 0.3) is 0 Å². The number of ether oxygens (including phenoxy) is 1. The van der Waals surface area contributed by atoms with E-state index < -0.39 is 12.0 Å². The minimum absolute atomic E-state index is 0.193. The first-order chi connectivity index (χ1) is 4.00. The number of alkyl halides is 3. The van der Waals surface area contributed by atoms with E-state index >= 15 is 0 Å². The summed E-state index contributed by atoms with van der Waals surface area (Å²) in [7, 11) is 1.34. The fourth-order valence-electron chi connectivity index (χ4n) is 0.272. The molecule has 0 spiro atoms. The van der Waals surface area contributed by atoms with Crippen molar-refractivity contribution in [3.63, 3.8) is 0 Å². The maximum absolute atomic E-state index is 11.9. The highest BCUT2D eigenvalue weighted by Crippen LogP contribution is 2.26. The van der Waals surface area contributed by atoms with Crippen molar-refractivity contribution < 1.29 is 17.9 Å². The van der Waals surface area contributed by atoms with Gasteiger partial charge in [0, 0.05) is 0 Å². The summed E-state index contributed by atoms with van der Waals surface area (Å²) in [5.74, 6) is -2.32. The Hall–Kier alpha value is 0.180. The van der Waals surface area contributed by atoms with Crippen LogP contribution in [0.5, 0.6) is 0 Å². The Morgan fingerprint density at radius 3 is 2.22 bits per heavy atom. The van der Waals surface area contributed by atoms with Gasteiger partial charge in [0.05, 0.1) is 6.61 Å². The molecule has 0 heterocycles. The van der Waals surface area contributed by atoms with Crippen molar-refractivity contribution in [3.8, 4) is 0 Å². The molecule has 0 bridgehead atoms. The second kappa shape index (κ2) is 3.37. The Balaban J connectivity index is 3.70. The van der Waals surface area contributed by atoms with E-state index in [0.29, 0.717) is 0 Å². The third-order valence-corrected chi connectivity index (χ3v) is 1.05. The van der Waals surface area contributed by atoms with E-state index in [2.05, 4.69) is 4.74 Å². The van der Waals surface area contributed by atoms with E-state index in [4.69, 9.17) is 0 Å². The van der Waals surface area contributed by atoms with Gasteiger partial charge in [0.15, 0.2) is 0 Å². The summed E-state index contributed by atoms with van der Waals surface area (Å²) in [5.41, 5.74) is 0. The Kier molecular flexibility index (Phi) is 3.44. The molecule has 0 fully saturated rings. The Morgan fingerprint density at radius 2 is 2.11 bits per heavy atom. The third kappa shape index (κ3) is 3.01. The molecular formula is C4H8F3OP. The minimum atomic E-state index is -3.65. The first-order valence-corrected chi connectivity index (χ1v) is 3.08. The van der Waals surface area contributed by atoms with Gasteiger partial charge in [0.1, 0.15) is 0 Å². The molecule has 0 aromatic carbocycles. The van der Waals surface area contributed by atoms with Crippen molar-refractivity contribution in [2.45, 2.75) is 18.9 Å². The van der Waals surface area contributed by atoms with Crippen LogP contribution in [0, 0.1) is 0 Å².